The van der Waals surface area contributed by atoms with Crippen molar-refractivity contribution in [2.24, 2.45) is 0 Å². The van der Waals surface area contributed by atoms with Crippen molar-refractivity contribution in [3.8, 4) is 6.07 Å². The number of benzene rings is 1. The summed E-state index contributed by atoms with van der Waals surface area (Å²) in [5.41, 5.74) is 0.665. The Morgan fingerprint density at radius 2 is 2.14 bits per heavy atom. The molecule has 0 bridgehead atoms. The van der Waals surface area contributed by atoms with Crippen LogP contribution >= 0.6 is 0 Å². The van der Waals surface area contributed by atoms with Gasteiger partial charge in [-0.15, -0.1) is 0 Å². The van der Waals surface area contributed by atoms with Gasteiger partial charge in [-0.05, 0) is 11.6 Å². The van der Waals surface area contributed by atoms with Crippen LogP contribution in [-0.4, -0.2) is 16.2 Å². The highest BCUT2D eigenvalue weighted by Crippen LogP contribution is 2.19. The molecule has 1 aromatic rings. The number of carboxylic acids is 1. The minimum absolute atomic E-state index is 0.307. The molecule has 1 unspecified atom stereocenters. The Bertz CT molecular complexity index is 381. The summed E-state index contributed by atoms with van der Waals surface area (Å²) in [5, 5.41) is 26.6. The molecule has 0 saturated carbocycles. The third-order valence-corrected chi connectivity index (χ3v) is 1.81. The van der Waals surface area contributed by atoms with E-state index in [0.717, 1.165) is 0 Å². The van der Waals surface area contributed by atoms with Crippen molar-refractivity contribution in [2.45, 2.75) is 12.5 Å². The first-order valence-corrected chi connectivity index (χ1v) is 4.04. The largest absolute Gasteiger partial charge is 0.481 e. The first kappa shape index (κ1) is 10.2. The van der Waals surface area contributed by atoms with Crippen LogP contribution in [0.5, 0.6) is 0 Å². The zero-order valence-electron chi connectivity index (χ0n) is 7.34. The number of rotatable bonds is 3. The minimum atomic E-state index is -1.12. The van der Waals surface area contributed by atoms with Gasteiger partial charge in [0.15, 0.2) is 0 Å². The molecule has 0 saturated heterocycles. The van der Waals surface area contributed by atoms with E-state index in [1.54, 1.807) is 24.3 Å². The van der Waals surface area contributed by atoms with E-state index < -0.39 is 18.5 Å². The lowest BCUT2D eigenvalue weighted by molar-refractivity contribution is -0.139. The number of carboxylic acid groups (broad SMARTS) is 1. The first-order chi connectivity index (χ1) is 6.65. The second-order valence-corrected chi connectivity index (χ2v) is 2.81. The number of hydrogen-bond donors (Lipinski definition) is 2. The second kappa shape index (κ2) is 4.40. The van der Waals surface area contributed by atoms with Gasteiger partial charge < -0.3 is 10.2 Å². The molecule has 4 heteroatoms. The van der Waals surface area contributed by atoms with Crippen LogP contribution in [0.3, 0.4) is 0 Å². The molecule has 0 aliphatic rings. The molecule has 0 aromatic heterocycles. The van der Waals surface area contributed by atoms with Crippen molar-refractivity contribution in [3.05, 3.63) is 35.4 Å². The van der Waals surface area contributed by atoms with Gasteiger partial charge in [0.1, 0.15) is 0 Å². The molecule has 2 N–H and O–H groups in total. The molecule has 0 fully saturated rings. The van der Waals surface area contributed by atoms with E-state index in [1.165, 1.54) is 0 Å². The van der Waals surface area contributed by atoms with Gasteiger partial charge >= 0.3 is 5.97 Å². The van der Waals surface area contributed by atoms with Gasteiger partial charge in [-0.1, -0.05) is 18.2 Å². The standard InChI is InChI=1S/C10H9NO3/c11-6-7-3-1-2-4-8(7)9(12)5-10(13)14/h1-4,9,12H,5H2,(H,13,14). The average Bonchev–Trinajstić information content (AvgIpc) is 2.16. The summed E-state index contributed by atoms with van der Waals surface area (Å²) in [5.74, 6) is -1.09. The van der Waals surface area contributed by atoms with Gasteiger partial charge in [-0.2, -0.15) is 5.26 Å². The van der Waals surface area contributed by atoms with Gasteiger partial charge in [0.05, 0.1) is 24.2 Å². The average molecular weight is 191 g/mol. The van der Waals surface area contributed by atoms with E-state index in [0.29, 0.717) is 11.1 Å². The number of nitriles is 1. The minimum Gasteiger partial charge on any atom is -0.481 e. The van der Waals surface area contributed by atoms with Gasteiger partial charge in [0.25, 0.3) is 0 Å². The van der Waals surface area contributed by atoms with Crippen LogP contribution < -0.4 is 0 Å². The second-order valence-electron chi connectivity index (χ2n) is 2.81. The van der Waals surface area contributed by atoms with E-state index in [4.69, 9.17) is 10.4 Å². The fourth-order valence-electron chi connectivity index (χ4n) is 1.16. The van der Waals surface area contributed by atoms with E-state index in [2.05, 4.69) is 0 Å². The fourth-order valence-corrected chi connectivity index (χ4v) is 1.16. The Morgan fingerprint density at radius 1 is 1.50 bits per heavy atom. The zero-order chi connectivity index (χ0) is 10.6. The quantitative estimate of drug-likeness (QED) is 0.748. The maximum absolute atomic E-state index is 10.3. The molecule has 0 heterocycles. The van der Waals surface area contributed by atoms with Crippen molar-refractivity contribution >= 4 is 5.97 Å². The Hall–Kier alpha value is -1.86. The van der Waals surface area contributed by atoms with E-state index >= 15 is 0 Å². The lowest BCUT2D eigenvalue weighted by Gasteiger charge is -2.09. The number of aliphatic carboxylic acids is 1. The van der Waals surface area contributed by atoms with Crippen LogP contribution in [0.25, 0.3) is 0 Å². The maximum atomic E-state index is 10.3. The third-order valence-electron chi connectivity index (χ3n) is 1.81. The van der Waals surface area contributed by atoms with Crippen LogP contribution in [0.1, 0.15) is 23.7 Å². The summed E-state index contributed by atoms with van der Waals surface area (Å²) in [7, 11) is 0. The molecule has 1 aromatic carbocycles. The highest BCUT2D eigenvalue weighted by Gasteiger charge is 2.14. The zero-order valence-corrected chi connectivity index (χ0v) is 7.34. The van der Waals surface area contributed by atoms with Crippen molar-refractivity contribution in [1.29, 1.82) is 5.26 Å². The van der Waals surface area contributed by atoms with E-state index in [9.17, 15) is 9.90 Å². The highest BCUT2D eigenvalue weighted by atomic mass is 16.4. The molecule has 4 nitrogen and oxygen atoms in total. The monoisotopic (exact) mass is 191 g/mol. The predicted octanol–water partition coefficient (Wildman–Crippen LogP) is 1.07. The van der Waals surface area contributed by atoms with Gasteiger partial charge in [-0.3, -0.25) is 4.79 Å². The Balaban J connectivity index is 2.95. The maximum Gasteiger partial charge on any atom is 0.306 e. The summed E-state index contributed by atoms with van der Waals surface area (Å²) >= 11 is 0. The third kappa shape index (κ3) is 2.31. The Labute approximate surface area is 81.0 Å². The molecule has 0 aliphatic heterocycles. The molecule has 0 aliphatic carbocycles. The Kier molecular flexibility index (Phi) is 3.21. The smallest absolute Gasteiger partial charge is 0.306 e. The normalized spacial score (nSPS) is 11.7. The van der Waals surface area contributed by atoms with E-state index in [-0.39, 0.29) is 0 Å². The molecule has 0 radical (unpaired) electrons. The fraction of sp³-hybridized carbons (Fsp3) is 0.200. The first-order valence-electron chi connectivity index (χ1n) is 4.04. The lowest BCUT2D eigenvalue weighted by atomic mass is 10.0. The van der Waals surface area contributed by atoms with Crippen LogP contribution in [0.4, 0.5) is 0 Å². The molecule has 0 spiro atoms. The molecule has 1 atom stereocenters. The molecule has 0 amide bonds. The van der Waals surface area contributed by atoms with Crippen molar-refractivity contribution in [2.75, 3.05) is 0 Å². The molecule has 1 rings (SSSR count). The van der Waals surface area contributed by atoms with Crippen LogP contribution in [0, 0.1) is 11.3 Å². The molecule has 14 heavy (non-hydrogen) atoms. The summed E-state index contributed by atoms with van der Waals surface area (Å²) < 4.78 is 0. The molecular formula is C10H9NO3. The molecular weight excluding hydrogens is 182 g/mol. The summed E-state index contributed by atoms with van der Waals surface area (Å²) in [4.78, 5) is 10.3. The van der Waals surface area contributed by atoms with Crippen molar-refractivity contribution in [3.63, 3.8) is 0 Å². The Morgan fingerprint density at radius 3 is 2.71 bits per heavy atom. The number of hydrogen-bond acceptors (Lipinski definition) is 3. The van der Waals surface area contributed by atoms with Crippen molar-refractivity contribution < 1.29 is 15.0 Å². The number of aliphatic hydroxyl groups excluding tert-OH is 1. The van der Waals surface area contributed by atoms with Gasteiger partial charge in [-0.25, -0.2) is 0 Å². The van der Waals surface area contributed by atoms with E-state index in [1.807, 2.05) is 6.07 Å². The summed E-state index contributed by atoms with van der Waals surface area (Å²) in [6.45, 7) is 0. The topological polar surface area (TPSA) is 81.3 Å². The number of nitrogens with zero attached hydrogens (tertiary/aromatic N) is 1. The number of carbonyl (C=O) groups is 1. The molecule has 72 valence electrons. The summed E-state index contributed by atoms with van der Waals surface area (Å²) in [6.07, 6.45) is -1.51. The predicted molar refractivity (Wildman–Crippen MR) is 48.4 cm³/mol. The van der Waals surface area contributed by atoms with Crippen LogP contribution in [0.2, 0.25) is 0 Å². The SMILES string of the molecule is N#Cc1ccccc1C(O)CC(=O)O. The van der Waals surface area contributed by atoms with Gasteiger partial charge in [0.2, 0.25) is 0 Å². The highest BCUT2D eigenvalue weighted by molar-refractivity contribution is 5.67. The lowest BCUT2D eigenvalue weighted by Crippen LogP contribution is -2.06. The van der Waals surface area contributed by atoms with Crippen molar-refractivity contribution in [1.82, 2.24) is 0 Å². The number of aliphatic hydroxyl groups is 1. The summed E-state index contributed by atoms with van der Waals surface area (Å²) in [6, 6.07) is 8.30. The van der Waals surface area contributed by atoms with Crippen LogP contribution in [-0.2, 0) is 4.79 Å². The van der Waals surface area contributed by atoms with Gasteiger partial charge in [0, 0.05) is 0 Å². The van der Waals surface area contributed by atoms with Crippen LogP contribution in [0.15, 0.2) is 24.3 Å².